The monoisotopic (exact) mass is 193 g/mol. The number of aromatic nitrogens is 3. The Morgan fingerprint density at radius 3 is 2.57 bits per heavy atom. The molecule has 1 heterocycles. The van der Waals surface area contributed by atoms with E-state index in [4.69, 9.17) is 5.73 Å². The van der Waals surface area contributed by atoms with Gasteiger partial charge in [0.2, 0.25) is 11.9 Å². The average Bonchev–Trinajstić information content (AvgIpc) is 2.82. The van der Waals surface area contributed by atoms with E-state index in [0.29, 0.717) is 23.9 Å². The lowest BCUT2D eigenvalue weighted by Crippen LogP contribution is -2.15. The van der Waals surface area contributed by atoms with Crippen molar-refractivity contribution in [2.45, 2.75) is 38.6 Å². The molecule has 1 aliphatic carbocycles. The largest absolute Gasteiger partial charge is 0.368 e. The van der Waals surface area contributed by atoms with Crippen LogP contribution in [0.4, 0.5) is 11.9 Å². The smallest absolute Gasteiger partial charge is 0.227 e. The van der Waals surface area contributed by atoms with Gasteiger partial charge in [-0.25, -0.2) is 0 Å². The summed E-state index contributed by atoms with van der Waals surface area (Å²) in [5.41, 5.74) is 5.60. The van der Waals surface area contributed by atoms with Crippen LogP contribution in [0, 0.1) is 0 Å². The Labute approximate surface area is 83.2 Å². The molecule has 3 N–H and O–H groups in total. The van der Waals surface area contributed by atoms with Crippen LogP contribution in [0.15, 0.2) is 0 Å². The minimum Gasteiger partial charge on any atom is -0.368 e. The molecule has 0 amide bonds. The van der Waals surface area contributed by atoms with E-state index in [1.165, 1.54) is 12.8 Å². The van der Waals surface area contributed by atoms with Crippen molar-refractivity contribution in [3.8, 4) is 0 Å². The lowest BCUT2D eigenvalue weighted by Gasteiger charge is -2.08. The van der Waals surface area contributed by atoms with Crippen LogP contribution in [-0.4, -0.2) is 21.0 Å². The molecule has 1 fully saturated rings. The number of anilines is 2. The molecule has 0 aromatic carbocycles. The molecule has 1 saturated carbocycles. The van der Waals surface area contributed by atoms with E-state index < -0.39 is 0 Å². The first-order valence-electron chi connectivity index (χ1n) is 4.93. The van der Waals surface area contributed by atoms with Crippen LogP contribution in [0.3, 0.4) is 0 Å². The molecule has 0 aliphatic heterocycles. The second kappa shape index (κ2) is 3.40. The Balaban J connectivity index is 2.22. The molecule has 0 radical (unpaired) electrons. The Morgan fingerprint density at radius 1 is 1.29 bits per heavy atom. The summed E-state index contributed by atoms with van der Waals surface area (Å²) >= 11 is 0. The van der Waals surface area contributed by atoms with Crippen LogP contribution in [0.25, 0.3) is 0 Å². The van der Waals surface area contributed by atoms with Gasteiger partial charge in [-0.2, -0.15) is 15.0 Å². The van der Waals surface area contributed by atoms with Gasteiger partial charge in [-0.15, -0.1) is 0 Å². The first-order chi connectivity index (χ1) is 6.65. The van der Waals surface area contributed by atoms with Crippen LogP contribution >= 0.6 is 0 Å². The van der Waals surface area contributed by atoms with Crippen molar-refractivity contribution < 1.29 is 0 Å². The average molecular weight is 193 g/mol. The molecule has 0 bridgehead atoms. The van der Waals surface area contributed by atoms with Gasteiger partial charge in [-0.3, -0.25) is 0 Å². The summed E-state index contributed by atoms with van der Waals surface area (Å²) in [7, 11) is 0. The van der Waals surface area contributed by atoms with E-state index in [1.54, 1.807) is 0 Å². The van der Waals surface area contributed by atoms with Crippen LogP contribution in [0.5, 0.6) is 0 Å². The lowest BCUT2D eigenvalue weighted by atomic mass is 10.4. The van der Waals surface area contributed by atoms with Crippen molar-refractivity contribution in [2.75, 3.05) is 11.1 Å². The van der Waals surface area contributed by atoms with E-state index in [-0.39, 0.29) is 0 Å². The standard InChI is InChI=1S/C9H15N5/c1-5(2)11-9-13-7(6-3-4-6)12-8(10)14-9/h5-6H,3-4H2,1-2H3,(H3,10,11,12,13,14). The molecule has 0 spiro atoms. The first kappa shape index (κ1) is 9.18. The summed E-state index contributed by atoms with van der Waals surface area (Å²) < 4.78 is 0. The molecule has 0 saturated heterocycles. The third-order valence-corrected chi connectivity index (χ3v) is 2.03. The van der Waals surface area contributed by atoms with Gasteiger partial charge in [-0.1, -0.05) is 0 Å². The number of nitrogens with one attached hydrogen (secondary N) is 1. The molecular weight excluding hydrogens is 178 g/mol. The molecule has 0 unspecified atom stereocenters. The van der Waals surface area contributed by atoms with E-state index in [2.05, 4.69) is 20.3 Å². The molecule has 5 nitrogen and oxygen atoms in total. The van der Waals surface area contributed by atoms with Gasteiger partial charge in [0.05, 0.1) is 0 Å². The fourth-order valence-electron chi connectivity index (χ4n) is 1.26. The highest BCUT2D eigenvalue weighted by atomic mass is 15.2. The minimum atomic E-state index is 0.309. The quantitative estimate of drug-likeness (QED) is 0.753. The molecule has 2 rings (SSSR count). The fourth-order valence-corrected chi connectivity index (χ4v) is 1.26. The highest BCUT2D eigenvalue weighted by Crippen LogP contribution is 2.38. The number of rotatable bonds is 3. The van der Waals surface area contributed by atoms with Gasteiger partial charge in [0.1, 0.15) is 5.82 Å². The second-order valence-electron chi connectivity index (χ2n) is 3.95. The van der Waals surface area contributed by atoms with Crippen molar-refractivity contribution in [2.24, 2.45) is 0 Å². The van der Waals surface area contributed by atoms with E-state index in [1.807, 2.05) is 13.8 Å². The summed E-state index contributed by atoms with van der Waals surface area (Å²) in [5, 5.41) is 3.13. The van der Waals surface area contributed by atoms with E-state index in [9.17, 15) is 0 Å². The zero-order valence-electron chi connectivity index (χ0n) is 8.49. The van der Waals surface area contributed by atoms with Gasteiger partial charge >= 0.3 is 0 Å². The molecule has 1 aromatic rings. The Morgan fingerprint density at radius 2 is 2.00 bits per heavy atom. The molecular formula is C9H15N5. The van der Waals surface area contributed by atoms with E-state index in [0.717, 1.165) is 5.82 Å². The van der Waals surface area contributed by atoms with Crippen molar-refractivity contribution >= 4 is 11.9 Å². The second-order valence-corrected chi connectivity index (χ2v) is 3.95. The van der Waals surface area contributed by atoms with Crippen molar-refractivity contribution in [1.82, 2.24) is 15.0 Å². The summed E-state index contributed by atoms with van der Waals surface area (Å²) in [5.74, 6) is 2.24. The predicted molar refractivity (Wildman–Crippen MR) is 55.0 cm³/mol. The van der Waals surface area contributed by atoms with Crippen LogP contribution < -0.4 is 11.1 Å². The zero-order valence-corrected chi connectivity index (χ0v) is 8.49. The Bertz CT molecular complexity index is 332. The van der Waals surface area contributed by atoms with Crippen molar-refractivity contribution in [3.63, 3.8) is 0 Å². The minimum absolute atomic E-state index is 0.309. The van der Waals surface area contributed by atoms with Crippen LogP contribution in [0.1, 0.15) is 38.4 Å². The van der Waals surface area contributed by atoms with Gasteiger partial charge in [-0.05, 0) is 26.7 Å². The van der Waals surface area contributed by atoms with Gasteiger partial charge in [0.25, 0.3) is 0 Å². The number of nitrogens with zero attached hydrogens (tertiary/aromatic N) is 3. The number of nitrogens with two attached hydrogens (primary N) is 1. The predicted octanol–water partition coefficient (Wildman–Crippen LogP) is 1.15. The van der Waals surface area contributed by atoms with E-state index >= 15 is 0 Å². The number of nitrogen functional groups attached to an aromatic ring is 1. The van der Waals surface area contributed by atoms with Crippen molar-refractivity contribution in [3.05, 3.63) is 5.82 Å². The molecule has 0 atom stereocenters. The highest BCUT2D eigenvalue weighted by molar-refractivity contribution is 5.33. The van der Waals surface area contributed by atoms with Gasteiger partial charge in [0, 0.05) is 12.0 Å². The molecule has 14 heavy (non-hydrogen) atoms. The van der Waals surface area contributed by atoms with Crippen molar-refractivity contribution in [1.29, 1.82) is 0 Å². The topological polar surface area (TPSA) is 76.7 Å². The SMILES string of the molecule is CC(C)Nc1nc(N)nc(C2CC2)n1. The number of hydrogen-bond donors (Lipinski definition) is 2. The maximum atomic E-state index is 5.60. The first-order valence-corrected chi connectivity index (χ1v) is 4.93. The summed E-state index contributed by atoms with van der Waals surface area (Å²) in [4.78, 5) is 12.5. The fraction of sp³-hybridized carbons (Fsp3) is 0.667. The third kappa shape index (κ3) is 2.10. The summed E-state index contributed by atoms with van der Waals surface area (Å²) in [6, 6.07) is 0.309. The highest BCUT2D eigenvalue weighted by Gasteiger charge is 2.27. The van der Waals surface area contributed by atoms with Gasteiger partial charge < -0.3 is 11.1 Å². The number of hydrogen-bond acceptors (Lipinski definition) is 5. The summed E-state index contributed by atoms with van der Waals surface area (Å²) in [6.45, 7) is 4.08. The normalized spacial score (nSPS) is 15.9. The lowest BCUT2D eigenvalue weighted by molar-refractivity contribution is 0.840. The maximum Gasteiger partial charge on any atom is 0.227 e. The van der Waals surface area contributed by atoms with Crippen LogP contribution in [0.2, 0.25) is 0 Å². The molecule has 1 aliphatic rings. The molecule has 1 aromatic heterocycles. The summed E-state index contributed by atoms with van der Waals surface area (Å²) in [6.07, 6.45) is 2.34. The molecule has 76 valence electrons. The van der Waals surface area contributed by atoms with Crippen LogP contribution in [-0.2, 0) is 0 Å². The van der Waals surface area contributed by atoms with Gasteiger partial charge in [0.15, 0.2) is 0 Å². The Hall–Kier alpha value is -1.39. The maximum absolute atomic E-state index is 5.60. The third-order valence-electron chi connectivity index (χ3n) is 2.03. The zero-order chi connectivity index (χ0) is 10.1. The molecule has 5 heteroatoms. The Kier molecular flexibility index (Phi) is 2.23.